The Morgan fingerprint density at radius 1 is 0.968 bits per heavy atom. The van der Waals surface area contributed by atoms with Crippen molar-refractivity contribution in [3.63, 3.8) is 0 Å². The minimum atomic E-state index is -0.613. The van der Waals surface area contributed by atoms with Crippen LogP contribution in [-0.4, -0.2) is 21.9 Å². The van der Waals surface area contributed by atoms with Gasteiger partial charge in [-0.1, -0.05) is 54.2 Å². The Morgan fingerprint density at radius 2 is 1.71 bits per heavy atom. The first-order valence-electron chi connectivity index (χ1n) is 9.67. The van der Waals surface area contributed by atoms with Crippen molar-refractivity contribution in [1.29, 1.82) is 0 Å². The summed E-state index contributed by atoms with van der Waals surface area (Å²) < 4.78 is 0. The lowest BCUT2D eigenvalue weighted by Crippen LogP contribution is -2.24. The van der Waals surface area contributed by atoms with Crippen LogP contribution in [0.15, 0.2) is 78.0 Å². The lowest BCUT2D eigenvalue weighted by atomic mass is 10.1. The number of benzene rings is 3. The molecule has 3 aromatic carbocycles. The van der Waals surface area contributed by atoms with E-state index in [0.29, 0.717) is 23.5 Å². The molecule has 3 amide bonds. The van der Waals surface area contributed by atoms with Gasteiger partial charge >= 0.3 is 6.03 Å². The number of fused-ring (bicyclic) bond motifs is 1. The molecule has 5 N–H and O–H groups in total. The molecule has 8 heteroatoms. The van der Waals surface area contributed by atoms with Crippen molar-refractivity contribution >= 4 is 40.4 Å². The van der Waals surface area contributed by atoms with E-state index >= 15 is 0 Å². The second-order valence-electron chi connectivity index (χ2n) is 6.87. The van der Waals surface area contributed by atoms with E-state index in [9.17, 15) is 9.59 Å². The van der Waals surface area contributed by atoms with E-state index in [0.717, 1.165) is 27.3 Å². The zero-order chi connectivity index (χ0) is 21.6. The summed E-state index contributed by atoms with van der Waals surface area (Å²) in [5, 5.41) is 6.28. The van der Waals surface area contributed by atoms with Gasteiger partial charge in [0, 0.05) is 23.5 Å². The van der Waals surface area contributed by atoms with Gasteiger partial charge in [0.2, 0.25) is 0 Å². The minimum Gasteiger partial charge on any atom is -0.351 e. The first kappa shape index (κ1) is 20.5. The number of rotatable bonds is 7. The second kappa shape index (κ2) is 9.36. The molecular weight excluding hydrogens is 410 g/mol. The van der Waals surface area contributed by atoms with E-state index in [4.69, 9.17) is 5.73 Å². The van der Waals surface area contributed by atoms with Crippen molar-refractivity contribution in [2.75, 3.05) is 5.32 Å². The van der Waals surface area contributed by atoms with Crippen molar-refractivity contribution in [3.05, 3.63) is 89.5 Å². The number of amides is 3. The van der Waals surface area contributed by atoms with Crippen LogP contribution < -0.4 is 16.4 Å². The topological polar surface area (TPSA) is 113 Å². The summed E-state index contributed by atoms with van der Waals surface area (Å²) in [6.07, 6.45) is 0. The lowest BCUT2D eigenvalue weighted by molar-refractivity contribution is 0.0950. The van der Waals surface area contributed by atoms with Gasteiger partial charge in [-0.3, -0.25) is 4.79 Å². The molecule has 0 radical (unpaired) electrons. The number of imidazole rings is 1. The van der Waals surface area contributed by atoms with Crippen molar-refractivity contribution in [1.82, 2.24) is 15.3 Å². The number of hydrogen-bond acceptors (Lipinski definition) is 4. The molecule has 0 aliphatic carbocycles. The van der Waals surface area contributed by atoms with E-state index in [2.05, 4.69) is 20.6 Å². The predicted molar refractivity (Wildman–Crippen MR) is 123 cm³/mol. The molecule has 0 aliphatic heterocycles. The predicted octanol–water partition coefficient (Wildman–Crippen LogP) is 4.28. The number of nitrogens with zero attached hydrogens (tertiary/aromatic N) is 1. The SMILES string of the molecule is NC(=O)Nc1ccc(CNC(=O)c2ccccc2CSc2nc3ccccc3[nH]2)cc1. The number of thioether (sulfide) groups is 1. The zero-order valence-corrected chi connectivity index (χ0v) is 17.4. The highest BCUT2D eigenvalue weighted by molar-refractivity contribution is 7.98. The monoisotopic (exact) mass is 431 g/mol. The van der Waals surface area contributed by atoms with Gasteiger partial charge in [0.1, 0.15) is 0 Å². The maximum absolute atomic E-state index is 12.8. The van der Waals surface area contributed by atoms with Crippen LogP contribution in [0.1, 0.15) is 21.5 Å². The van der Waals surface area contributed by atoms with E-state index in [-0.39, 0.29) is 5.91 Å². The number of urea groups is 1. The Hall–Kier alpha value is -3.78. The molecule has 1 heterocycles. The Morgan fingerprint density at radius 3 is 2.48 bits per heavy atom. The van der Waals surface area contributed by atoms with Gasteiger partial charge in [0.25, 0.3) is 5.91 Å². The molecule has 4 rings (SSSR count). The first-order valence-corrected chi connectivity index (χ1v) is 10.7. The smallest absolute Gasteiger partial charge is 0.316 e. The first-order chi connectivity index (χ1) is 15.1. The summed E-state index contributed by atoms with van der Waals surface area (Å²) in [4.78, 5) is 31.6. The average molecular weight is 432 g/mol. The van der Waals surface area contributed by atoms with Crippen molar-refractivity contribution in [3.8, 4) is 0 Å². The van der Waals surface area contributed by atoms with Crippen LogP contribution in [0.25, 0.3) is 11.0 Å². The highest BCUT2D eigenvalue weighted by atomic mass is 32.2. The van der Waals surface area contributed by atoms with Crippen LogP contribution >= 0.6 is 11.8 Å². The number of para-hydroxylation sites is 2. The van der Waals surface area contributed by atoms with Crippen molar-refractivity contribution in [2.24, 2.45) is 5.73 Å². The van der Waals surface area contributed by atoms with Gasteiger partial charge in [0.05, 0.1) is 11.0 Å². The minimum absolute atomic E-state index is 0.139. The molecule has 0 spiro atoms. The third-order valence-electron chi connectivity index (χ3n) is 4.67. The Labute approximate surface area is 183 Å². The molecule has 0 fully saturated rings. The summed E-state index contributed by atoms with van der Waals surface area (Å²) in [5.74, 6) is 0.483. The molecule has 0 saturated carbocycles. The van der Waals surface area contributed by atoms with Crippen molar-refractivity contribution in [2.45, 2.75) is 17.5 Å². The maximum Gasteiger partial charge on any atom is 0.316 e. The number of hydrogen-bond donors (Lipinski definition) is 4. The molecule has 7 nitrogen and oxygen atoms in total. The summed E-state index contributed by atoms with van der Waals surface area (Å²) >= 11 is 1.56. The molecule has 0 unspecified atom stereocenters. The third kappa shape index (κ3) is 5.23. The fourth-order valence-corrected chi connectivity index (χ4v) is 4.03. The number of carbonyl (C=O) groups excluding carboxylic acids is 2. The summed E-state index contributed by atoms with van der Waals surface area (Å²) in [7, 11) is 0. The standard InChI is InChI=1S/C23H21N5O2S/c24-22(30)26-17-11-9-15(10-12-17)13-25-21(29)18-6-2-1-5-16(18)14-31-23-27-19-7-3-4-8-20(19)28-23/h1-12H,13-14H2,(H,25,29)(H,27,28)(H3,24,26,30). The molecule has 1 aromatic heterocycles. The summed E-state index contributed by atoms with van der Waals surface area (Å²) in [6, 6.07) is 22.0. The molecule has 31 heavy (non-hydrogen) atoms. The number of anilines is 1. The molecule has 0 atom stereocenters. The maximum atomic E-state index is 12.8. The lowest BCUT2D eigenvalue weighted by Gasteiger charge is -2.10. The molecule has 0 saturated heterocycles. The third-order valence-corrected chi connectivity index (χ3v) is 5.59. The number of nitrogens with one attached hydrogen (secondary N) is 3. The number of nitrogens with two attached hydrogens (primary N) is 1. The van der Waals surface area contributed by atoms with Gasteiger partial charge in [-0.25, -0.2) is 9.78 Å². The molecule has 0 bridgehead atoms. The molecular formula is C23H21N5O2S. The zero-order valence-electron chi connectivity index (χ0n) is 16.6. The van der Waals surface area contributed by atoms with Crippen molar-refractivity contribution < 1.29 is 9.59 Å². The van der Waals surface area contributed by atoms with Crippen LogP contribution in [0.2, 0.25) is 0 Å². The van der Waals surface area contributed by atoms with E-state index in [1.807, 2.05) is 60.7 Å². The highest BCUT2D eigenvalue weighted by Gasteiger charge is 2.12. The van der Waals surface area contributed by atoms with Gasteiger partial charge < -0.3 is 21.4 Å². The Balaban J connectivity index is 1.39. The van der Waals surface area contributed by atoms with Crippen LogP contribution in [0, 0.1) is 0 Å². The second-order valence-corrected chi connectivity index (χ2v) is 7.84. The van der Waals surface area contributed by atoms with Crippen LogP contribution in [0.3, 0.4) is 0 Å². The van der Waals surface area contributed by atoms with E-state index in [1.54, 1.807) is 23.9 Å². The largest absolute Gasteiger partial charge is 0.351 e. The highest BCUT2D eigenvalue weighted by Crippen LogP contribution is 2.24. The number of aromatic amines is 1. The van der Waals surface area contributed by atoms with Crippen LogP contribution in [-0.2, 0) is 12.3 Å². The summed E-state index contributed by atoms with van der Waals surface area (Å²) in [5.41, 5.74) is 10.1. The Bertz CT molecular complexity index is 1190. The quantitative estimate of drug-likeness (QED) is 0.327. The fourth-order valence-electron chi connectivity index (χ4n) is 3.14. The Kier molecular flexibility index (Phi) is 6.18. The molecule has 156 valence electrons. The van der Waals surface area contributed by atoms with E-state index < -0.39 is 6.03 Å². The van der Waals surface area contributed by atoms with Crippen LogP contribution in [0.4, 0.5) is 10.5 Å². The van der Waals surface area contributed by atoms with Gasteiger partial charge in [-0.2, -0.15) is 0 Å². The molecule has 4 aromatic rings. The van der Waals surface area contributed by atoms with E-state index in [1.165, 1.54) is 0 Å². The summed E-state index contributed by atoms with van der Waals surface area (Å²) in [6.45, 7) is 0.376. The molecule has 0 aliphatic rings. The van der Waals surface area contributed by atoms with Crippen LogP contribution in [0.5, 0.6) is 0 Å². The number of carbonyl (C=O) groups is 2. The normalized spacial score (nSPS) is 10.7. The average Bonchev–Trinajstić information content (AvgIpc) is 3.20. The van der Waals surface area contributed by atoms with Gasteiger partial charge in [-0.05, 0) is 41.5 Å². The van der Waals surface area contributed by atoms with Gasteiger partial charge in [-0.15, -0.1) is 0 Å². The van der Waals surface area contributed by atoms with Gasteiger partial charge in [0.15, 0.2) is 5.16 Å². The number of primary amides is 1. The number of H-pyrrole nitrogens is 1. The fraction of sp³-hybridized carbons (Fsp3) is 0.0870. The number of aromatic nitrogens is 2.